The van der Waals surface area contributed by atoms with Gasteiger partial charge < -0.3 is 23.7 Å². The third-order valence-corrected chi connectivity index (χ3v) is 4.83. The van der Waals surface area contributed by atoms with Crippen LogP contribution in [-0.4, -0.2) is 73.6 Å². The highest BCUT2D eigenvalue weighted by Crippen LogP contribution is 2.25. The first-order valence-corrected chi connectivity index (χ1v) is 9.59. The molecule has 0 saturated carbocycles. The molecule has 3 unspecified atom stereocenters. The van der Waals surface area contributed by atoms with Gasteiger partial charge in [-0.15, -0.1) is 0 Å². The van der Waals surface area contributed by atoms with Crippen LogP contribution in [0.25, 0.3) is 0 Å². The van der Waals surface area contributed by atoms with Crippen molar-refractivity contribution in [3.63, 3.8) is 0 Å². The molecule has 26 heavy (non-hydrogen) atoms. The summed E-state index contributed by atoms with van der Waals surface area (Å²) < 4.78 is 58.6. The largest absolute Gasteiger partial charge is 0.461 e. The van der Waals surface area contributed by atoms with Crippen molar-refractivity contribution in [2.24, 2.45) is 0 Å². The molecule has 2 saturated heterocycles. The van der Waals surface area contributed by atoms with Gasteiger partial charge in [-0.25, -0.2) is 0 Å². The zero-order chi connectivity index (χ0) is 19.8. The molecule has 10 nitrogen and oxygen atoms in total. The van der Waals surface area contributed by atoms with E-state index in [4.69, 9.17) is 23.7 Å². The minimum atomic E-state index is -4.99. The Balaban J connectivity index is 1.96. The van der Waals surface area contributed by atoms with Crippen LogP contribution >= 0.6 is 0 Å². The van der Waals surface area contributed by atoms with Crippen molar-refractivity contribution in [3.8, 4) is 0 Å². The van der Waals surface area contributed by atoms with Gasteiger partial charge in [0.15, 0.2) is 17.4 Å². The number of Topliss-reactive ketones (excluding diaryl/α,β-unsaturated/α-hetero) is 1. The zero-order valence-electron chi connectivity index (χ0n) is 15.1. The predicted octanol–water partition coefficient (Wildman–Crippen LogP) is 0.0482. The average molecular weight is 396 g/mol. The van der Waals surface area contributed by atoms with E-state index in [0.717, 1.165) is 0 Å². The standard InChI is InChI=1S/C15H24O10S/c1-14(2)22-7-9(24-14)5-11(16)12(26(18,19)20)13(17)21-6-10-8-23-15(3,4)25-10/h9-10,12H,5-8H2,1-4H3,(H,18,19,20). The van der Waals surface area contributed by atoms with E-state index in [-0.39, 0.29) is 19.8 Å². The minimum Gasteiger partial charge on any atom is -0.461 e. The molecular formula is C15H24O10S. The van der Waals surface area contributed by atoms with Gasteiger partial charge in [-0.05, 0) is 27.7 Å². The van der Waals surface area contributed by atoms with Gasteiger partial charge >= 0.3 is 5.97 Å². The maximum atomic E-state index is 12.3. The first-order valence-electron chi connectivity index (χ1n) is 8.08. The van der Waals surface area contributed by atoms with Crippen molar-refractivity contribution in [1.82, 2.24) is 0 Å². The topological polar surface area (TPSA) is 135 Å². The summed E-state index contributed by atoms with van der Waals surface area (Å²) in [5.41, 5.74) is 0. The Hall–Kier alpha value is -1.11. The van der Waals surface area contributed by atoms with E-state index in [2.05, 4.69) is 0 Å². The van der Waals surface area contributed by atoms with Crippen LogP contribution < -0.4 is 0 Å². The third-order valence-electron chi connectivity index (χ3n) is 3.78. The average Bonchev–Trinajstić information content (AvgIpc) is 2.96. The Kier molecular flexibility index (Phi) is 6.10. The van der Waals surface area contributed by atoms with Gasteiger partial charge in [0.2, 0.25) is 5.25 Å². The molecule has 0 spiro atoms. The maximum absolute atomic E-state index is 12.3. The summed E-state index contributed by atoms with van der Waals surface area (Å²) in [6.07, 6.45) is -1.74. The van der Waals surface area contributed by atoms with E-state index in [9.17, 15) is 22.6 Å². The molecule has 2 aliphatic rings. The molecule has 0 aromatic carbocycles. The molecule has 2 aliphatic heterocycles. The molecule has 2 heterocycles. The maximum Gasteiger partial charge on any atom is 0.334 e. The molecule has 0 bridgehead atoms. The van der Waals surface area contributed by atoms with Gasteiger partial charge in [0.1, 0.15) is 12.7 Å². The Morgan fingerprint density at radius 3 is 2.00 bits per heavy atom. The van der Waals surface area contributed by atoms with Crippen molar-refractivity contribution in [2.45, 2.75) is 63.1 Å². The predicted molar refractivity (Wildman–Crippen MR) is 85.7 cm³/mol. The van der Waals surface area contributed by atoms with Gasteiger partial charge in [-0.3, -0.25) is 14.1 Å². The summed E-state index contributed by atoms with van der Waals surface area (Å²) in [5.74, 6) is -4.16. The number of hydrogen-bond acceptors (Lipinski definition) is 9. The van der Waals surface area contributed by atoms with Crippen molar-refractivity contribution in [3.05, 3.63) is 0 Å². The summed E-state index contributed by atoms with van der Waals surface area (Å²) >= 11 is 0. The van der Waals surface area contributed by atoms with Gasteiger partial charge in [-0.2, -0.15) is 8.42 Å². The summed E-state index contributed by atoms with van der Waals surface area (Å²) in [6.45, 7) is 6.52. The fraction of sp³-hybridized carbons (Fsp3) is 0.867. The molecule has 0 aromatic rings. The van der Waals surface area contributed by atoms with E-state index in [1.807, 2.05) is 0 Å². The number of esters is 1. The van der Waals surface area contributed by atoms with Crippen LogP contribution in [0.4, 0.5) is 0 Å². The van der Waals surface area contributed by atoms with Crippen LogP contribution in [0.2, 0.25) is 0 Å². The highest BCUT2D eigenvalue weighted by molar-refractivity contribution is 7.88. The van der Waals surface area contributed by atoms with E-state index < -0.39 is 57.3 Å². The lowest BCUT2D eigenvalue weighted by Crippen LogP contribution is -2.41. The van der Waals surface area contributed by atoms with Crippen LogP contribution in [0.5, 0.6) is 0 Å². The highest BCUT2D eigenvalue weighted by Gasteiger charge is 2.43. The highest BCUT2D eigenvalue weighted by atomic mass is 32.2. The first-order chi connectivity index (χ1) is 11.8. The lowest BCUT2D eigenvalue weighted by Gasteiger charge is -2.19. The Morgan fingerprint density at radius 1 is 1.08 bits per heavy atom. The van der Waals surface area contributed by atoms with Crippen molar-refractivity contribution >= 4 is 21.9 Å². The summed E-state index contributed by atoms with van der Waals surface area (Å²) in [5, 5.41) is -2.34. The Bertz CT molecular complexity index is 653. The number of ketones is 1. The molecule has 1 N–H and O–H groups in total. The second kappa shape index (κ2) is 7.49. The summed E-state index contributed by atoms with van der Waals surface area (Å²) in [4.78, 5) is 24.4. The molecule has 150 valence electrons. The minimum absolute atomic E-state index is 0.0638. The second-order valence-electron chi connectivity index (χ2n) is 7.10. The van der Waals surface area contributed by atoms with Gasteiger partial charge in [0.05, 0.1) is 19.3 Å². The fourth-order valence-electron chi connectivity index (χ4n) is 2.71. The monoisotopic (exact) mass is 396 g/mol. The smallest absolute Gasteiger partial charge is 0.334 e. The third kappa shape index (κ3) is 5.69. The molecular weight excluding hydrogens is 372 g/mol. The van der Waals surface area contributed by atoms with Crippen LogP contribution in [-0.2, 0) is 43.4 Å². The van der Waals surface area contributed by atoms with E-state index in [1.165, 1.54) is 0 Å². The number of carbonyl (C=O) groups excluding carboxylic acids is 2. The van der Waals surface area contributed by atoms with Crippen molar-refractivity contribution in [1.29, 1.82) is 0 Å². The fourth-order valence-corrected chi connectivity index (χ4v) is 3.45. The molecule has 2 fully saturated rings. The molecule has 0 radical (unpaired) electrons. The quantitative estimate of drug-likeness (QED) is 0.357. The van der Waals surface area contributed by atoms with Crippen LogP contribution in [0.15, 0.2) is 0 Å². The normalized spacial score (nSPS) is 28.7. The van der Waals surface area contributed by atoms with Crippen molar-refractivity contribution < 1.29 is 46.2 Å². The van der Waals surface area contributed by atoms with Gasteiger partial charge in [0.25, 0.3) is 10.1 Å². The summed E-state index contributed by atoms with van der Waals surface area (Å²) in [6, 6.07) is 0. The molecule has 0 aromatic heterocycles. The van der Waals surface area contributed by atoms with Gasteiger partial charge in [-0.1, -0.05) is 0 Å². The van der Waals surface area contributed by atoms with E-state index >= 15 is 0 Å². The number of hydrogen-bond donors (Lipinski definition) is 1. The Labute approximate surface area is 151 Å². The van der Waals surface area contributed by atoms with Gasteiger partial charge in [0, 0.05) is 6.42 Å². The van der Waals surface area contributed by atoms with Crippen LogP contribution in [0, 0.1) is 0 Å². The second-order valence-corrected chi connectivity index (χ2v) is 8.60. The van der Waals surface area contributed by atoms with Crippen LogP contribution in [0.3, 0.4) is 0 Å². The zero-order valence-corrected chi connectivity index (χ0v) is 15.9. The first kappa shape index (κ1) is 21.2. The number of carbonyl (C=O) groups is 2. The van der Waals surface area contributed by atoms with Crippen LogP contribution in [0.1, 0.15) is 34.1 Å². The number of rotatable bonds is 7. The molecule has 0 amide bonds. The molecule has 2 rings (SSSR count). The molecule has 3 atom stereocenters. The molecule has 0 aliphatic carbocycles. The summed E-state index contributed by atoms with van der Waals surface area (Å²) in [7, 11) is -4.99. The van der Waals surface area contributed by atoms with E-state index in [1.54, 1.807) is 27.7 Å². The van der Waals surface area contributed by atoms with Crippen molar-refractivity contribution in [2.75, 3.05) is 19.8 Å². The lowest BCUT2D eigenvalue weighted by atomic mass is 10.1. The lowest BCUT2D eigenvalue weighted by molar-refractivity contribution is -0.159. The number of ether oxygens (including phenoxy) is 5. The SMILES string of the molecule is CC1(C)OCC(COC(=O)C(C(=O)CC2COC(C)(C)O2)S(=O)(=O)O)O1. The molecule has 11 heteroatoms. The Morgan fingerprint density at radius 2 is 1.58 bits per heavy atom. The van der Waals surface area contributed by atoms with E-state index in [0.29, 0.717) is 0 Å².